The minimum absolute atomic E-state index is 0.203. The van der Waals surface area contributed by atoms with Crippen LogP contribution in [0.2, 0.25) is 0 Å². The maximum absolute atomic E-state index is 6.29. The van der Waals surface area contributed by atoms with E-state index < -0.39 is 0 Å². The molecule has 0 saturated carbocycles. The standard InChI is InChI=1S/C17H29N3S/c1-13(9-16-5-4-8-21-16)20(3)17(12-18)10-14-6-7-15(11-17)19(14)2/h4-5,8,13-15H,6-7,9-12,18H2,1-3H3. The molecule has 2 fully saturated rings. The average Bonchev–Trinajstić information content (AvgIpc) is 3.04. The van der Waals surface area contributed by atoms with Gasteiger partial charge in [0.15, 0.2) is 0 Å². The fraction of sp³-hybridized carbons (Fsp3) is 0.765. The van der Waals surface area contributed by atoms with E-state index in [0.29, 0.717) is 6.04 Å². The molecule has 0 amide bonds. The average molecular weight is 308 g/mol. The lowest BCUT2D eigenvalue weighted by Crippen LogP contribution is -2.62. The number of hydrogen-bond acceptors (Lipinski definition) is 4. The molecule has 1 aromatic rings. The highest BCUT2D eigenvalue weighted by Crippen LogP contribution is 2.42. The first-order valence-corrected chi connectivity index (χ1v) is 9.11. The second-order valence-electron chi connectivity index (χ2n) is 7.13. The molecule has 2 bridgehead atoms. The lowest BCUT2D eigenvalue weighted by Gasteiger charge is -2.51. The van der Waals surface area contributed by atoms with Crippen molar-refractivity contribution in [3.05, 3.63) is 22.4 Å². The third-order valence-electron chi connectivity index (χ3n) is 6.08. The van der Waals surface area contributed by atoms with Gasteiger partial charge in [0.2, 0.25) is 0 Å². The molecule has 0 aliphatic carbocycles. The molecule has 118 valence electrons. The van der Waals surface area contributed by atoms with E-state index in [0.717, 1.165) is 25.0 Å². The van der Waals surface area contributed by atoms with Crippen LogP contribution in [0.5, 0.6) is 0 Å². The van der Waals surface area contributed by atoms with E-state index in [1.165, 1.54) is 30.6 Å². The van der Waals surface area contributed by atoms with Gasteiger partial charge in [0.05, 0.1) is 0 Å². The molecule has 1 aromatic heterocycles. The van der Waals surface area contributed by atoms with Crippen LogP contribution < -0.4 is 5.73 Å². The van der Waals surface area contributed by atoms with Crippen molar-refractivity contribution in [1.82, 2.24) is 9.80 Å². The fourth-order valence-electron chi connectivity index (χ4n) is 4.47. The summed E-state index contributed by atoms with van der Waals surface area (Å²) < 4.78 is 0. The number of thiophene rings is 1. The normalized spacial score (nSPS) is 34.5. The van der Waals surface area contributed by atoms with Gasteiger partial charge in [0.1, 0.15) is 0 Å². The highest BCUT2D eigenvalue weighted by atomic mass is 32.1. The maximum Gasteiger partial charge on any atom is 0.0361 e. The summed E-state index contributed by atoms with van der Waals surface area (Å²) in [6, 6.07) is 6.44. The Morgan fingerprint density at radius 2 is 2.10 bits per heavy atom. The van der Waals surface area contributed by atoms with Crippen LogP contribution in [0.15, 0.2) is 17.5 Å². The third kappa shape index (κ3) is 2.79. The summed E-state index contributed by atoms with van der Waals surface area (Å²) in [4.78, 5) is 6.69. The predicted molar refractivity (Wildman–Crippen MR) is 90.8 cm³/mol. The topological polar surface area (TPSA) is 32.5 Å². The van der Waals surface area contributed by atoms with Gasteiger partial charge in [0, 0.05) is 35.1 Å². The van der Waals surface area contributed by atoms with Gasteiger partial charge in [-0.1, -0.05) is 6.07 Å². The van der Waals surface area contributed by atoms with E-state index in [2.05, 4.69) is 48.3 Å². The molecule has 4 heteroatoms. The van der Waals surface area contributed by atoms with Crippen molar-refractivity contribution >= 4 is 11.3 Å². The number of hydrogen-bond donors (Lipinski definition) is 1. The molecule has 21 heavy (non-hydrogen) atoms. The summed E-state index contributed by atoms with van der Waals surface area (Å²) in [7, 11) is 4.60. The molecule has 2 aliphatic rings. The first-order chi connectivity index (χ1) is 10.1. The van der Waals surface area contributed by atoms with Crippen molar-refractivity contribution in [1.29, 1.82) is 0 Å². The highest BCUT2D eigenvalue weighted by molar-refractivity contribution is 7.09. The molecule has 2 aliphatic heterocycles. The summed E-state index contributed by atoms with van der Waals surface area (Å²) in [5, 5.41) is 2.18. The van der Waals surface area contributed by atoms with Crippen molar-refractivity contribution in [2.45, 2.75) is 62.7 Å². The molecular weight excluding hydrogens is 278 g/mol. The molecule has 0 radical (unpaired) electrons. The van der Waals surface area contributed by atoms with Crippen LogP contribution in [-0.2, 0) is 6.42 Å². The van der Waals surface area contributed by atoms with Gasteiger partial charge in [-0.2, -0.15) is 0 Å². The van der Waals surface area contributed by atoms with Crippen LogP contribution in [0.25, 0.3) is 0 Å². The zero-order chi connectivity index (χ0) is 15.0. The Bertz CT molecular complexity index is 445. The van der Waals surface area contributed by atoms with E-state index in [9.17, 15) is 0 Å². The Morgan fingerprint density at radius 3 is 2.62 bits per heavy atom. The van der Waals surface area contributed by atoms with Crippen molar-refractivity contribution in [2.75, 3.05) is 20.6 Å². The van der Waals surface area contributed by atoms with Crippen molar-refractivity contribution in [2.24, 2.45) is 5.73 Å². The zero-order valence-electron chi connectivity index (χ0n) is 13.6. The van der Waals surface area contributed by atoms with Gasteiger partial charge >= 0.3 is 0 Å². The molecule has 3 rings (SSSR count). The number of likely N-dealkylation sites (N-methyl/N-ethyl adjacent to an activating group) is 1. The van der Waals surface area contributed by atoms with Gasteiger partial charge in [-0.05, 0) is 64.6 Å². The molecule has 3 atom stereocenters. The Morgan fingerprint density at radius 1 is 1.43 bits per heavy atom. The van der Waals surface area contributed by atoms with E-state index in [4.69, 9.17) is 5.73 Å². The summed E-state index contributed by atoms with van der Waals surface area (Å²) in [6.45, 7) is 3.15. The van der Waals surface area contributed by atoms with Crippen LogP contribution in [0, 0.1) is 0 Å². The lowest BCUT2D eigenvalue weighted by molar-refractivity contribution is -0.00341. The van der Waals surface area contributed by atoms with Crippen LogP contribution in [0.3, 0.4) is 0 Å². The second-order valence-corrected chi connectivity index (χ2v) is 8.16. The maximum atomic E-state index is 6.29. The molecule has 3 unspecified atom stereocenters. The first-order valence-electron chi connectivity index (χ1n) is 8.23. The van der Waals surface area contributed by atoms with E-state index in [1.54, 1.807) is 0 Å². The second kappa shape index (κ2) is 5.99. The minimum Gasteiger partial charge on any atom is -0.329 e. The summed E-state index contributed by atoms with van der Waals surface area (Å²) >= 11 is 1.87. The monoisotopic (exact) mass is 307 g/mol. The molecule has 0 aromatic carbocycles. The number of piperidine rings is 1. The molecule has 3 heterocycles. The molecule has 0 spiro atoms. The van der Waals surface area contributed by atoms with Crippen molar-refractivity contribution in [3.63, 3.8) is 0 Å². The number of fused-ring (bicyclic) bond motifs is 2. The Hall–Kier alpha value is -0.420. The van der Waals surface area contributed by atoms with Crippen LogP contribution in [0.1, 0.15) is 37.5 Å². The smallest absolute Gasteiger partial charge is 0.0361 e. The van der Waals surface area contributed by atoms with Gasteiger partial charge in [-0.15, -0.1) is 11.3 Å². The van der Waals surface area contributed by atoms with Gasteiger partial charge in [0.25, 0.3) is 0 Å². The highest BCUT2D eigenvalue weighted by Gasteiger charge is 2.48. The zero-order valence-corrected chi connectivity index (χ0v) is 14.4. The quantitative estimate of drug-likeness (QED) is 0.907. The minimum atomic E-state index is 0.203. The largest absolute Gasteiger partial charge is 0.329 e. The van der Waals surface area contributed by atoms with Crippen molar-refractivity contribution < 1.29 is 0 Å². The van der Waals surface area contributed by atoms with Gasteiger partial charge in [-0.3, -0.25) is 4.90 Å². The van der Waals surface area contributed by atoms with Gasteiger partial charge < -0.3 is 10.6 Å². The molecule has 2 saturated heterocycles. The van der Waals surface area contributed by atoms with E-state index >= 15 is 0 Å². The van der Waals surface area contributed by atoms with E-state index in [-0.39, 0.29) is 5.54 Å². The number of rotatable bonds is 5. The van der Waals surface area contributed by atoms with Gasteiger partial charge in [-0.25, -0.2) is 0 Å². The number of nitrogens with two attached hydrogens (primary N) is 1. The van der Waals surface area contributed by atoms with Crippen LogP contribution in [0.4, 0.5) is 0 Å². The predicted octanol–water partition coefficient (Wildman–Crippen LogP) is 2.57. The van der Waals surface area contributed by atoms with Crippen LogP contribution >= 0.6 is 11.3 Å². The Kier molecular flexibility index (Phi) is 4.42. The third-order valence-corrected chi connectivity index (χ3v) is 6.98. The first kappa shape index (κ1) is 15.5. The van der Waals surface area contributed by atoms with Crippen molar-refractivity contribution in [3.8, 4) is 0 Å². The van der Waals surface area contributed by atoms with Crippen LogP contribution in [-0.4, -0.2) is 54.1 Å². The summed E-state index contributed by atoms with van der Waals surface area (Å²) in [5.41, 5.74) is 6.49. The summed E-state index contributed by atoms with van der Waals surface area (Å²) in [5.74, 6) is 0. The fourth-order valence-corrected chi connectivity index (χ4v) is 5.29. The Labute approximate surface area is 133 Å². The molecular formula is C17H29N3S. The number of nitrogens with zero attached hydrogens (tertiary/aromatic N) is 2. The molecule has 2 N–H and O–H groups in total. The lowest BCUT2D eigenvalue weighted by atomic mass is 9.80. The Balaban J connectivity index is 1.73. The molecule has 3 nitrogen and oxygen atoms in total. The summed E-state index contributed by atoms with van der Waals surface area (Å²) in [6.07, 6.45) is 6.33. The SMILES string of the molecule is CC(Cc1cccs1)N(C)C1(CN)CC2CCC(C1)N2C. The van der Waals surface area contributed by atoms with E-state index in [1.807, 2.05) is 11.3 Å².